The van der Waals surface area contributed by atoms with Crippen LogP contribution >= 0.6 is 0 Å². The number of aliphatic hydroxyl groups excluding tert-OH is 1. The van der Waals surface area contributed by atoms with E-state index in [4.69, 9.17) is 23.7 Å². The molecule has 2 spiro atoms. The van der Waals surface area contributed by atoms with E-state index in [0.29, 0.717) is 29.7 Å². The largest absolute Gasteiger partial charge is 0.457 e. The van der Waals surface area contributed by atoms with E-state index in [0.717, 1.165) is 58.6 Å². The summed E-state index contributed by atoms with van der Waals surface area (Å²) >= 11 is 0. The Balaban J connectivity index is 1.02. The Morgan fingerprint density at radius 3 is 2.43 bits per heavy atom. The maximum Gasteiger partial charge on any atom is 0.303 e. The second-order valence-corrected chi connectivity index (χ2v) is 19.7. The minimum absolute atomic E-state index is 0.0480. The van der Waals surface area contributed by atoms with Crippen LogP contribution in [0.15, 0.2) is 0 Å². The van der Waals surface area contributed by atoms with Crippen molar-refractivity contribution in [1.29, 1.82) is 0 Å². The van der Waals surface area contributed by atoms with E-state index in [1.165, 1.54) is 32.6 Å². The Morgan fingerprint density at radius 2 is 1.73 bits per heavy atom. The zero-order valence-electron chi connectivity index (χ0n) is 31.5. The number of hydrogen-bond acceptors (Lipinski definition) is 9. The van der Waals surface area contributed by atoms with Gasteiger partial charge in [-0.05, 0) is 117 Å². The molecule has 5 aliphatic carbocycles. The van der Waals surface area contributed by atoms with Crippen molar-refractivity contribution in [2.75, 3.05) is 32.9 Å². The van der Waals surface area contributed by atoms with Crippen LogP contribution in [0.4, 0.5) is 0 Å². The first-order valence-electron chi connectivity index (χ1n) is 19.8. The van der Waals surface area contributed by atoms with Crippen LogP contribution in [0.25, 0.3) is 0 Å². The van der Waals surface area contributed by atoms with Gasteiger partial charge in [-0.15, -0.1) is 0 Å². The Hall–Kier alpha value is -0.810. The van der Waals surface area contributed by atoms with Gasteiger partial charge < -0.3 is 33.9 Å². The molecule has 3 heterocycles. The molecule has 8 rings (SSSR count). The van der Waals surface area contributed by atoms with Crippen molar-refractivity contribution in [3.63, 3.8) is 0 Å². The topological polar surface area (TPSA) is 107 Å². The summed E-state index contributed by atoms with van der Waals surface area (Å²) in [5.41, 5.74) is -0.953. The van der Waals surface area contributed by atoms with Gasteiger partial charge in [0.25, 0.3) is 0 Å². The zero-order valence-corrected chi connectivity index (χ0v) is 31.5. The fraction of sp³-hybridized carbons (Fsp3) is 0.975. The lowest BCUT2D eigenvalue weighted by molar-refractivity contribution is -0.251. The van der Waals surface area contributed by atoms with Gasteiger partial charge in [-0.2, -0.15) is 0 Å². The number of hydrogen-bond donors (Lipinski definition) is 2. The second-order valence-electron chi connectivity index (χ2n) is 19.7. The van der Waals surface area contributed by atoms with Gasteiger partial charge in [0.2, 0.25) is 0 Å². The van der Waals surface area contributed by atoms with E-state index in [9.17, 15) is 15.0 Å². The molecule has 49 heavy (non-hydrogen) atoms. The van der Waals surface area contributed by atoms with Gasteiger partial charge in [-0.1, -0.05) is 34.6 Å². The molecular weight excluding hydrogens is 622 g/mol. The van der Waals surface area contributed by atoms with Crippen molar-refractivity contribution in [2.45, 2.75) is 162 Å². The first-order valence-corrected chi connectivity index (χ1v) is 19.8. The molecule has 0 aromatic carbocycles. The van der Waals surface area contributed by atoms with Gasteiger partial charge in [-0.25, -0.2) is 0 Å². The molecule has 278 valence electrons. The third-order valence-corrected chi connectivity index (χ3v) is 16.9. The predicted molar refractivity (Wildman–Crippen MR) is 183 cm³/mol. The molecule has 9 nitrogen and oxygen atoms in total. The minimum Gasteiger partial charge on any atom is -0.457 e. The van der Waals surface area contributed by atoms with Crippen LogP contribution in [0.1, 0.15) is 113 Å². The molecule has 3 saturated heterocycles. The number of aliphatic hydroxyl groups is 2. The molecule has 3 aliphatic heterocycles. The molecule has 8 fully saturated rings. The maximum atomic E-state index is 12.6. The van der Waals surface area contributed by atoms with E-state index in [2.05, 4.69) is 39.5 Å². The molecule has 9 heteroatoms. The number of carbonyl (C=O) groups is 1. The maximum absolute atomic E-state index is 12.6. The van der Waals surface area contributed by atoms with Gasteiger partial charge >= 0.3 is 5.97 Å². The van der Waals surface area contributed by atoms with Gasteiger partial charge in [0.1, 0.15) is 0 Å². The van der Waals surface area contributed by atoms with E-state index in [-0.39, 0.29) is 52.0 Å². The normalized spacial score (nSPS) is 52.6. The van der Waals surface area contributed by atoms with Crippen LogP contribution < -0.4 is 0 Å². The predicted octanol–water partition coefficient (Wildman–Crippen LogP) is 5.33. The molecule has 0 amide bonds. The molecule has 8 aliphatic rings. The zero-order chi connectivity index (χ0) is 34.9. The molecule has 0 radical (unpaired) electrons. The highest BCUT2D eigenvalue weighted by atomic mass is 16.7. The Labute approximate surface area is 294 Å². The van der Waals surface area contributed by atoms with E-state index in [1.54, 1.807) is 13.8 Å². The standard InChI is InChI=1S/C40H65NO8/c1-23-19-26(34(36(5,6)44)47-24(2)42)48-32-31(23)37(7)14-15-40-22-39(40)13-11-29(49-30-20-41(16-18-46-30)25-12-17-45-21-25)35(3,4)27(39)9-10-28(40)38(37,8)33(32)43/h23,25-34,43-44H,9-22H2,1-8H3/t23-,25?,26-,27+,28+,29+,30+,31?,32+,33+,34+,37-,38-,39-,40+/m1/s1. The molecular formula is C40H65NO8. The average molecular weight is 688 g/mol. The number of ether oxygens (including phenoxy) is 5. The van der Waals surface area contributed by atoms with Crippen molar-refractivity contribution >= 4 is 5.97 Å². The summed E-state index contributed by atoms with van der Waals surface area (Å²) in [4.78, 5) is 14.6. The van der Waals surface area contributed by atoms with Crippen LogP contribution in [0.5, 0.6) is 0 Å². The smallest absolute Gasteiger partial charge is 0.303 e. The SMILES string of the molecule is CC(=O)O[C@@H]([C@H]1C[C@@H](C)C2[C@H](O1)[C@H](O)[C@@]1(C)[C@@H]3CC[C@H]4C(C)(C)[C@@H](O[C@H]5CN(C6CCOC6)CCO5)CC[C@@]45C[C@@]35CC[C@]21C)C(C)(C)O. The number of nitrogens with zero attached hydrogens (tertiary/aromatic N) is 1. The van der Waals surface area contributed by atoms with E-state index < -0.39 is 29.9 Å². The molecule has 2 N–H and O–H groups in total. The van der Waals surface area contributed by atoms with Crippen molar-refractivity contribution in [3.8, 4) is 0 Å². The number of rotatable bonds is 6. The highest BCUT2D eigenvalue weighted by molar-refractivity contribution is 5.66. The minimum atomic E-state index is -1.25. The Bertz CT molecular complexity index is 1300. The molecule has 15 atom stereocenters. The second kappa shape index (κ2) is 11.6. The van der Waals surface area contributed by atoms with Gasteiger partial charge in [-0.3, -0.25) is 9.69 Å². The van der Waals surface area contributed by atoms with Crippen LogP contribution in [0.2, 0.25) is 0 Å². The van der Waals surface area contributed by atoms with Crippen LogP contribution in [0, 0.1) is 50.7 Å². The van der Waals surface area contributed by atoms with Crippen LogP contribution in [-0.2, 0) is 28.5 Å². The monoisotopic (exact) mass is 687 g/mol. The summed E-state index contributed by atoms with van der Waals surface area (Å²) in [7, 11) is 0. The van der Waals surface area contributed by atoms with Crippen molar-refractivity contribution in [1.82, 2.24) is 4.90 Å². The Kier molecular flexibility index (Phi) is 8.34. The molecule has 5 saturated carbocycles. The lowest BCUT2D eigenvalue weighted by Crippen LogP contribution is -2.60. The van der Waals surface area contributed by atoms with Crippen LogP contribution in [-0.4, -0.2) is 102 Å². The van der Waals surface area contributed by atoms with E-state index >= 15 is 0 Å². The molecule has 0 aromatic heterocycles. The fourth-order valence-corrected chi connectivity index (χ4v) is 14.6. The number of esters is 1. The lowest BCUT2D eigenvalue weighted by atomic mass is 9.41. The first-order chi connectivity index (χ1) is 23.0. The van der Waals surface area contributed by atoms with Crippen molar-refractivity contribution < 1.29 is 38.7 Å². The van der Waals surface area contributed by atoms with Crippen molar-refractivity contribution in [2.24, 2.45) is 50.7 Å². The first kappa shape index (κ1) is 35.2. The molecule has 2 unspecified atom stereocenters. The Morgan fingerprint density at radius 1 is 1.00 bits per heavy atom. The van der Waals surface area contributed by atoms with Crippen molar-refractivity contribution in [3.05, 3.63) is 0 Å². The lowest BCUT2D eigenvalue weighted by Gasteiger charge is -2.64. The summed E-state index contributed by atoms with van der Waals surface area (Å²) in [6.45, 7) is 21.1. The fourth-order valence-electron chi connectivity index (χ4n) is 14.6. The highest BCUT2D eigenvalue weighted by Gasteiger charge is 2.84. The summed E-state index contributed by atoms with van der Waals surface area (Å²) in [6, 6.07) is 0.489. The summed E-state index contributed by atoms with van der Waals surface area (Å²) in [5.74, 6) is 1.12. The summed E-state index contributed by atoms with van der Waals surface area (Å²) in [5, 5.41) is 23.6. The quantitative estimate of drug-likeness (QED) is 0.358. The number of morpholine rings is 1. The molecule has 0 bridgehead atoms. The third kappa shape index (κ3) is 4.90. The van der Waals surface area contributed by atoms with Gasteiger partial charge in [0, 0.05) is 38.1 Å². The highest BCUT2D eigenvalue weighted by Crippen LogP contribution is 2.89. The summed E-state index contributed by atoms with van der Waals surface area (Å²) < 4.78 is 31.5. The van der Waals surface area contributed by atoms with Gasteiger partial charge in [0.05, 0.1) is 43.2 Å². The average Bonchev–Trinajstić information content (AvgIpc) is 3.29. The van der Waals surface area contributed by atoms with E-state index in [1.807, 2.05) is 0 Å². The van der Waals surface area contributed by atoms with Gasteiger partial charge in [0.15, 0.2) is 12.4 Å². The third-order valence-electron chi connectivity index (χ3n) is 16.9. The number of fused-ring (bicyclic) bond motifs is 4. The number of carbonyl (C=O) groups excluding carboxylic acids is 1. The van der Waals surface area contributed by atoms with Crippen LogP contribution in [0.3, 0.4) is 0 Å². The molecule has 0 aromatic rings. The summed E-state index contributed by atoms with van der Waals surface area (Å²) in [6.07, 6.45) is 7.85.